The Morgan fingerprint density at radius 3 is 2.06 bits per heavy atom. The Morgan fingerprint density at radius 1 is 0.750 bits per heavy atom. The second-order valence-corrected chi connectivity index (χ2v) is 9.11. The monoisotopic (exact) mass is 435 g/mol. The van der Waals surface area contributed by atoms with Crippen LogP contribution in [0.3, 0.4) is 0 Å². The van der Waals surface area contributed by atoms with E-state index in [1.54, 1.807) is 0 Å². The van der Waals surface area contributed by atoms with Crippen LogP contribution in [0.25, 0.3) is 11.1 Å². The van der Waals surface area contributed by atoms with Gasteiger partial charge in [-0.05, 0) is 60.0 Å². The normalized spacial score (nSPS) is 12.2. The van der Waals surface area contributed by atoms with Crippen LogP contribution in [-0.4, -0.2) is 5.78 Å². The van der Waals surface area contributed by atoms with Crippen molar-refractivity contribution in [2.45, 2.75) is 36.0 Å². The third-order valence-electron chi connectivity index (χ3n) is 5.81. The van der Waals surface area contributed by atoms with Crippen molar-refractivity contribution in [2.24, 2.45) is 0 Å². The summed E-state index contributed by atoms with van der Waals surface area (Å²) in [5, 5.41) is 0. The molecule has 4 aromatic carbocycles. The highest BCUT2D eigenvalue weighted by Crippen LogP contribution is 2.51. The zero-order valence-corrected chi connectivity index (χ0v) is 18.9. The van der Waals surface area contributed by atoms with Gasteiger partial charge in [0.1, 0.15) is 0 Å². The van der Waals surface area contributed by atoms with Gasteiger partial charge >= 0.3 is 0 Å². The minimum absolute atomic E-state index is 0.223. The lowest BCUT2D eigenvalue weighted by Crippen LogP contribution is -2.14. The topological polar surface area (TPSA) is 20.3 Å². The number of rotatable bonds is 6. The van der Waals surface area contributed by atoms with E-state index in [1.165, 1.54) is 21.2 Å². The molecule has 0 bridgehead atoms. The minimum atomic E-state index is 0.223. The molecular weight excluding hydrogens is 410 g/mol. The van der Waals surface area contributed by atoms with E-state index in [-0.39, 0.29) is 5.78 Å². The summed E-state index contributed by atoms with van der Waals surface area (Å²) in [6.45, 7) is 2.12. The second-order valence-electron chi connectivity index (χ2n) is 8.03. The van der Waals surface area contributed by atoms with Gasteiger partial charge < -0.3 is 4.90 Å². The van der Waals surface area contributed by atoms with Crippen molar-refractivity contribution in [3.63, 3.8) is 0 Å². The van der Waals surface area contributed by atoms with Crippen molar-refractivity contribution < 1.29 is 4.79 Å². The van der Waals surface area contributed by atoms with Crippen LogP contribution >= 0.6 is 11.8 Å². The lowest BCUT2D eigenvalue weighted by molar-refractivity contribution is 0.0980. The quantitative estimate of drug-likeness (QED) is 0.249. The Morgan fingerprint density at radius 2 is 1.38 bits per heavy atom. The van der Waals surface area contributed by atoms with Gasteiger partial charge in [0.15, 0.2) is 5.78 Å². The lowest BCUT2D eigenvalue weighted by Gasteiger charge is -2.33. The van der Waals surface area contributed by atoms with E-state index in [0.717, 1.165) is 35.2 Å². The third-order valence-corrected chi connectivity index (χ3v) is 6.94. The summed E-state index contributed by atoms with van der Waals surface area (Å²) < 4.78 is 0. The molecule has 2 nitrogen and oxygen atoms in total. The van der Waals surface area contributed by atoms with Crippen LogP contribution in [-0.2, 0) is 0 Å². The summed E-state index contributed by atoms with van der Waals surface area (Å²) in [6.07, 6.45) is 2.58. The van der Waals surface area contributed by atoms with Crippen molar-refractivity contribution in [1.29, 1.82) is 0 Å². The van der Waals surface area contributed by atoms with Crippen LogP contribution in [0.1, 0.15) is 36.5 Å². The first-order chi connectivity index (χ1) is 15.7. The number of nitrogens with zero attached hydrogens (tertiary/aromatic N) is 1. The molecule has 0 aliphatic carbocycles. The van der Waals surface area contributed by atoms with E-state index in [4.69, 9.17) is 0 Å². The summed E-state index contributed by atoms with van der Waals surface area (Å²) in [7, 11) is 0. The number of anilines is 3. The fourth-order valence-corrected chi connectivity index (χ4v) is 5.22. The molecule has 4 aromatic rings. The van der Waals surface area contributed by atoms with E-state index < -0.39 is 0 Å². The van der Waals surface area contributed by atoms with Crippen molar-refractivity contribution in [1.82, 2.24) is 0 Å². The fraction of sp³-hybridized carbons (Fsp3) is 0.138. The Hall–Kier alpha value is -3.30. The Bertz CT molecular complexity index is 1230. The van der Waals surface area contributed by atoms with Crippen LogP contribution in [0.4, 0.5) is 17.1 Å². The Kier molecular flexibility index (Phi) is 5.83. The summed E-state index contributed by atoms with van der Waals surface area (Å²) in [5.41, 5.74) is 6.48. The summed E-state index contributed by atoms with van der Waals surface area (Å²) >= 11 is 1.81. The highest BCUT2D eigenvalue weighted by molar-refractivity contribution is 7.99. The second kappa shape index (κ2) is 9.05. The molecule has 0 spiro atoms. The van der Waals surface area contributed by atoms with Gasteiger partial charge in [0.2, 0.25) is 0 Å². The first-order valence-electron chi connectivity index (χ1n) is 11.1. The predicted molar refractivity (Wildman–Crippen MR) is 135 cm³/mol. The van der Waals surface area contributed by atoms with Gasteiger partial charge in [0.05, 0.1) is 11.4 Å². The van der Waals surface area contributed by atoms with Gasteiger partial charge in [-0.2, -0.15) is 0 Å². The number of ketones is 1. The third kappa shape index (κ3) is 3.96. The van der Waals surface area contributed by atoms with Gasteiger partial charge in [-0.15, -0.1) is 0 Å². The molecule has 158 valence electrons. The first-order valence-corrected chi connectivity index (χ1v) is 12.0. The van der Waals surface area contributed by atoms with Gasteiger partial charge in [-0.1, -0.05) is 79.7 Å². The van der Waals surface area contributed by atoms with Gasteiger partial charge in [0, 0.05) is 27.5 Å². The molecule has 3 heteroatoms. The molecule has 0 atom stereocenters. The molecule has 1 aliphatic heterocycles. The average molecular weight is 436 g/mol. The number of Topliss-reactive ketones (excluding diaryl/α,β-unsaturated/α-hetero) is 1. The molecule has 5 rings (SSSR count). The molecule has 0 N–H and O–H groups in total. The van der Waals surface area contributed by atoms with E-state index in [2.05, 4.69) is 90.7 Å². The van der Waals surface area contributed by atoms with Crippen LogP contribution in [0.15, 0.2) is 107 Å². The predicted octanol–water partition coefficient (Wildman–Crippen LogP) is 8.66. The SMILES string of the molecule is CCCCC(=O)c1cccc(-c2cccc(N3c4ccccc4Sc4ccccc43)c2)c1. The van der Waals surface area contributed by atoms with E-state index in [9.17, 15) is 4.79 Å². The number of hydrogen-bond donors (Lipinski definition) is 0. The Balaban J connectivity index is 1.56. The number of carbonyl (C=O) groups excluding carboxylic acids is 1. The number of hydrogen-bond acceptors (Lipinski definition) is 3. The lowest BCUT2D eigenvalue weighted by atomic mass is 9.98. The van der Waals surface area contributed by atoms with Crippen molar-refractivity contribution in [2.75, 3.05) is 4.90 Å². The van der Waals surface area contributed by atoms with Crippen molar-refractivity contribution in [3.05, 3.63) is 103 Å². The number of fused-ring (bicyclic) bond motifs is 2. The van der Waals surface area contributed by atoms with Crippen LogP contribution in [0.2, 0.25) is 0 Å². The number of para-hydroxylation sites is 2. The van der Waals surface area contributed by atoms with Crippen molar-refractivity contribution in [3.8, 4) is 11.1 Å². The molecular formula is C29H25NOS. The molecule has 0 saturated carbocycles. The average Bonchev–Trinajstić information content (AvgIpc) is 2.86. The molecule has 0 aromatic heterocycles. The fourth-order valence-electron chi connectivity index (χ4n) is 4.16. The number of unbranched alkanes of at least 4 members (excludes halogenated alkanes) is 1. The zero-order valence-electron chi connectivity index (χ0n) is 18.1. The summed E-state index contributed by atoms with van der Waals surface area (Å²) in [5.74, 6) is 0.223. The number of benzene rings is 4. The zero-order chi connectivity index (χ0) is 21.9. The molecule has 32 heavy (non-hydrogen) atoms. The smallest absolute Gasteiger partial charge is 0.162 e. The summed E-state index contributed by atoms with van der Waals surface area (Å²) in [4.78, 5) is 17.4. The first kappa shape index (κ1) is 20.6. The van der Waals surface area contributed by atoms with Crippen LogP contribution < -0.4 is 4.90 Å². The van der Waals surface area contributed by atoms with Crippen LogP contribution in [0.5, 0.6) is 0 Å². The molecule has 1 aliphatic rings. The van der Waals surface area contributed by atoms with Gasteiger partial charge in [-0.3, -0.25) is 4.79 Å². The Labute approximate surface area is 193 Å². The van der Waals surface area contributed by atoms with E-state index in [0.29, 0.717) is 6.42 Å². The highest BCUT2D eigenvalue weighted by atomic mass is 32.2. The van der Waals surface area contributed by atoms with Crippen LogP contribution in [0, 0.1) is 0 Å². The maximum absolute atomic E-state index is 12.6. The molecule has 0 amide bonds. The van der Waals surface area contributed by atoms with E-state index in [1.807, 2.05) is 30.0 Å². The van der Waals surface area contributed by atoms with Crippen molar-refractivity contribution >= 4 is 34.6 Å². The van der Waals surface area contributed by atoms with Gasteiger partial charge in [-0.25, -0.2) is 0 Å². The highest BCUT2D eigenvalue weighted by Gasteiger charge is 2.24. The van der Waals surface area contributed by atoms with Gasteiger partial charge in [0.25, 0.3) is 0 Å². The standard InChI is InChI=1S/C29H25NOS/c1-2-3-16-27(31)23-12-8-10-21(19-23)22-11-9-13-24(20-22)30-25-14-4-6-17-28(25)32-29-18-7-5-15-26(29)30/h4-15,17-20H,2-3,16H2,1H3. The minimum Gasteiger partial charge on any atom is -0.308 e. The summed E-state index contributed by atoms with van der Waals surface area (Å²) in [6, 6.07) is 33.7. The number of carbonyl (C=O) groups is 1. The molecule has 1 heterocycles. The molecule has 0 saturated heterocycles. The maximum atomic E-state index is 12.6. The largest absolute Gasteiger partial charge is 0.308 e. The molecule has 0 fully saturated rings. The van der Waals surface area contributed by atoms with E-state index >= 15 is 0 Å². The molecule has 0 radical (unpaired) electrons. The maximum Gasteiger partial charge on any atom is 0.162 e. The molecule has 0 unspecified atom stereocenters.